The number of aliphatic hydroxyl groups is 1. The average Bonchev–Trinajstić information content (AvgIpc) is 1.95. The van der Waals surface area contributed by atoms with E-state index in [1.54, 1.807) is 0 Å². The zero-order valence-electron chi connectivity index (χ0n) is 8.15. The Hall–Kier alpha value is 1.22. The molecule has 15 heavy (non-hydrogen) atoms. The van der Waals surface area contributed by atoms with E-state index in [1.165, 1.54) is 0 Å². The van der Waals surface area contributed by atoms with Crippen molar-refractivity contribution in [3.63, 3.8) is 0 Å². The minimum atomic E-state index is -5.30. The van der Waals surface area contributed by atoms with Crippen LogP contribution in [0, 0.1) is 0 Å². The second kappa shape index (κ2) is 6.23. The van der Waals surface area contributed by atoms with Crippen molar-refractivity contribution in [1.29, 1.82) is 0 Å². The molecule has 0 radical (unpaired) electrons. The third-order valence-electron chi connectivity index (χ3n) is 1.65. The van der Waals surface area contributed by atoms with Crippen LogP contribution < -0.4 is 35.3 Å². The summed E-state index contributed by atoms with van der Waals surface area (Å²) >= 11 is 0. The van der Waals surface area contributed by atoms with E-state index in [1.807, 2.05) is 0 Å². The fraction of sp³-hybridized carbons (Fsp3) is 1.00. The minimum Gasteiger partial charge on any atom is -0.368 e. The molecule has 0 aliphatic carbocycles. The van der Waals surface area contributed by atoms with Gasteiger partial charge in [-0.15, -0.1) is 0 Å². The van der Waals surface area contributed by atoms with E-state index in [2.05, 4.69) is 0 Å². The number of rotatable bonds is 5. The maximum absolute atomic E-state index is 10.7. The summed E-state index contributed by atoms with van der Waals surface area (Å²) in [5.41, 5.74) is 5.01. The van der Waals surface area contributed by atoms with Crippen LogP contribution in [-0.2, 0) is 9.13 Å². The van der Waals surface area contributed by atoms with E-state index in [0.717, 1.165) is 0 Å². The van der Waals surface area contributed by atoms with E-state index >= 15 is 0 Å². The second-order valence-corrected chi connectivity index (χ2v) is 6.76. The number of hydrogen-bond donors (Lipinski definition) is 6. The van der Waals surface area contributed by atoms with Gasteiger partial charge in [-0.1, -0.05) is 0 Å². The molecule has 0 rings (SSSR count). The molecule has 0 amide bonds. The molecule has 0 spiro atoms. The van der Waals surface area contributed by atoms with Crippen molar-refractivity contribution in [3.8, 4) is 0 Å². The first-order valence-electron chi connectivity index (χ1n) is 3.60. The van der Waals surface area contributed by atoms with Gasteiger partial charge in [-0.25, -0.2) is 0 Å². The molecule has 0 aromatic rings. The van der Waals surface area contributed by atoms with Gasteiger partial charge >= 0.3 is 44.7 Å². The van der Waals surface area contributed by atoms with Crippen molar-refractivity contribution in [2.45, 2.75) is 17.9 Å². The number of nitrogens with two attached hydrogens (primary N) is 1. The predicted molar refractivity (Wildman–Crippen MR) is 47.3 cm³/mol. The molecule has 0 saturated carbocycles. The SMILES string of the molecule is NCCCC(O)(P(=O)(O)O)P(=O)(O)O.[Na+]. The van der Waals surface area contributed by atoms with Crippen molar-refractivity contribution >= 4 is 15.2 Å². The maximum Gasteiger partial charge on any atom is 1.00 e. The Morgan fingerprint density at radius 2 is 1.40 bits per heavy atom. The van der Waals surface area contributed by atoms with Crippen LogP contribution >= 0.6 is 15.2 Å². The van der Waals surface area contributed by atoms with Crippen molar-refractivity contribution in [3.05, 3.63) is 0 Å². The molecular weight excluding hydrogens is 259 g/mol. The van der Waals surface area contributed by atoms with Gasteiger partial charge < -0.3 is 30.4 Å². The Bertz CT molecular complexity index is 263. The van der Waals surface area contributed by atoms with E-state index in [4.69, 9.17) is 25.3 Å². The molecular formula is C4H13NNaO7P2+. The van der Waals surface area contributed by atoms with Crippen LogP contribution in [0.5, 0.6) is 0 Å². The van der Waals surface area contributed by atoms with Crippen LogP contribution in [0.2, 0.25) is 0 Å². The van der Waals surface area contributed by atoms with Crippen molar-refractivity contribution in [2.24, 2.45) is 5.73 Å². The summed E-state index contributed by atoms with van der Waals surface area (Å²) in [5, 5.41) is 5.91. The first kappa shape index (κ1) is 18.6. The molecule has 0 atom stereocenters. The van der Waals surface area contributed by atoms with Crippen LogP contribution in [0.25, 0.3) is 0 Å². The van der Waals surface area contributed by atoms with Crippen LogP contribution in [0.1, 0.15) is 12.8 Å². The van der Waals surface area contributed by atoms with E-state index in [0.29, 0.717) is 0 Å². The van der Waals surface area contributed by atoms with Crippen molar-refractivity contribution < 1.29 is 63.4 Å². The summed E-state index contributed by atoms with van der Waals surface area (Å²) in [7, 11) is -10.6. The molecule has 8 nitrogen and oxygen atoms in total. The fourth-order valence-electron chi connectivity index (χ4n) is 0.800. The van der Waals surface area contributed by atoms with Crippen molar-refractivity contribution in [2.75, 3.05) is 6.54 Å². The number of hydrogen-bond acceptors (Lipinski definition) is 4. The molecule has 0 aliphatic rings. The fourth-order valence-corrected chi connectivity index (χ4v) is 3.06. The summed E-state index contributed by atoms with van der Waals surface area (Å²) in [6.45, 7) is -0.0394. The summed E-state index contributed by atoms with van der Waals surface area (Å²) in [6, 6.07) is 0. The van der Waals surface area contributed by atoms with Gasteiger partial charge in [-0.2, -0.15) is 0 Å². The molecule has 0 aromatic carbocycles. The summed E-state index contributed by atoms with van der Waals surface area (Å²) in [6.07, 6.45) is -0.856. The first-order valence-corrected chi connectivity index (χ1v) is 6.82. The Morgan fingerprint density at radius 3 is 1.60 bits per heavy atom. The largest absolute Gasteiger partial charge is 1.00 e. The molecule has 11 heteroatoms. The third kappa shape index (κ3) is 4.53. The topological polar surface area (TPSA) is 161 Å². The van der Waals surface area contributed by atoms with Gasteiger partial charge in [-0.05, 0) is 13.0 Å². The molecule has 86 valence electrons. The van der Waals surface area contributed by atoms with Crippen LogP contribution in [0.4, 0.5) is 0 Å². The van der Waals surface area contributed by atoms with Gasteiger partial charge in [0.1, 0.15) is 0 Å². The van der Waals surface area contributed by atoms with Crippen molar-refractivity contribution in [1.82, 2.24) is 0 Å². The predicted octanol–water partition coefficient (Wildman–Crippen LogP) is -4.27. The zero-order valence-corrected chi connectivity index (χ0v) is 11.9. The van der Waals surface area contributed by atoms with Gasteiger partial charge in [0, 0.05) is 6.42 Å². The van der Waals surface area contributed by atoms with Gasteiger partial charge in [0.2, 0.25) is 0 Å². The van der Waals surface area contributed by atoms with Crippen LogP contribution in [0.15, 0.2) is 0 Å². The van der Waals surface area contributed by atoms with Gasteiger partial charge in [0.25, 0.3) is 5.08 Å². The normalized spacial score (nSPS) is 13.5. The molecule has 0 saturated heterocycles. The monoisotopic (exact) mass is 272 g/mol. The van der Waals surface area contributed by atoms with E-state index < -0.39 is 26.7 Å². The summed E-state index contributed by atoms with van der Waals surface area (Å²) in [4.78, 5) is 34.5. The van der Waals surface area contributed by atoms with Gasteiger partial charge in [0.05, 0.1) is 0 Å². The zero-order chi connectivity index (χ0) is 11.6. The van der Waals surface area contributed by atoms with Crippen LogP contribution in [0.3, 0.4) is 0 Å². The Balaban J connectivity index is 0. The van der Waals surface area contributed by atoms with Gasteiger partial charge in [0.15, 0.2) is 0 Å². The van der Waals surface area contributed by atoms with Gasteiger partial charge in [-0.3, -0.25) is 9.13 Å². The Morgan fingerprint density at radius 1 is 1.07 bits per heavy atom. The molecule has 0 heterocycles. The molecule has 0 aromatic heterocycles. The average molecular weight is 272 g/mol. The third-order valence-corrected chi connectivity index (χ3v) is 5.53. The summed E-state index contributed by atoms with van der Waals surface area (Å²) < 4.78 is 21.4. The standard InChI is InChI=1S/C4H13NO7P2.Na/c5-3-1-2-4(6,13(7,8)9)14(10,11)12;/h6H,1-3,5H2,(H2,7,8,9)(H2,10,11,12);/q;+1. The Labute approximate surface area is 108 Å². The first-order chi connectivity index (χ1) is 6.06. The van der Waals surface area contributed by atoms with Crippen LogP contribution in [-0.4, -0.2) is 36.3 Å². The summed E-state index contributed by atoms with van der Waals surface area (Å²) in [5.74, 6) is 0. The smallest absolute Gasteiger partial charge is 0.368 e. The minimum absolute atomic E-state index is 0. The van der Waals surface area contributed by atoms with E-state index in [-0.39, 0.29) is 42.5 Å². The second-order valence-electron chi connectivity index (χ2n) is 2.75. The van der Waals surface area contributed by atoms with E-state index in [9.17, 15) is 14.2 Å². The maximum atomic E-state index is 10.7. The molecule has 0 bridgehead atoms. The molecule has 7 N–H and O–H groups in total. The molecule has 0 unspecified atom stereocenters. The molecule has 0 fully saturated rings. The molecule has 0 aliphatic heterocycles. The Kier molecular flexibility index (Phi) is 7.72. The quantitative estimate of drug-likeness (QED) is 0.216.